The number of aromatic nitrogens is 1. The van der Waals surface area contributed by atoms with Crippen LogP contribution in [-0.2, 0) is 6.42 Å². The molecule has 1 heterocycles. The third kappa shape index (κ3) is 3.01. The summed E-state index contributed by atoms with van der Waals surface area (Å²) in [6, 6.07) is 3.92. The summed E-state index contributed by atoms with van der Waals surface area (Å²) in [4.78, 5) is 4.87. The zero-order valence-electron chi connectivity index (χ0n) is 9.48. The summed E-state index contributed by atoms with van der Waals surface area (Å²) in [5.41, 5.74) is 7.70. The Labute approximate surface area is 102 Å². The fourth-order valence-corrected chi connectivity index (χ4v) is 2.56. The lowest BCUT2D eigenvalue weighted by Gasteiger charge is -2.21. The molecule has 0 bridgehead atoms. The Morgan fingerprint density at radius 3 is 2.81 bits per heavy atom. The van der Waals surface area contributed by atoms with Crippen LogP contribution in [0.5, 0.6) is 0 Å². The molecular weight excluding hydrogens is 216 g/mol. The van der Waals surface area contributed by atoms with E-state index in [0.29, 0.717) is 4.99 Å². The molecule has 3 heteroatoms. The number of thiocarbonyl (C=S) groups is 1. The largest absolute Gasteiger partial charge is 0.389 e. The van der Waals surface area contributed by atoms with Crippen molar-refractivity contribution in [3.05, 3.63) is 29.6 Å². The fourth-order valence-electron chi connectivity index (χ4n) is 2.43. The second-order valence-electron chi connectivity index (χ2n) is 4.61. The van der Waals surface area contributed by atoms with Gasteiger partial charge in [-0.3, -0.25) is 4.98 Å². The summed E-state index contributed by atoms with van der Waals surface area (Å²) in [5, 5.41) is 0. The topological polar surface area (TPSA) is 38.9 Å². The predicted molar refractivity (Wildman–Crippen MR) is 70.4 cm³/mol. The summed E-state index contributed by atoms with van der Waals surface area (Å²) in [5.74, 6) is 0.808. The lowest BCUT2D eigenvalue weighted by atomic mass is 9.86. The average molecular weight is 234 g/mol. The van der Waals surface area contributed by atoms with Crippen molar-refractivity contribution in [1.29, 1.82) is 0 Å². The van der Waals surface area contributed by atoms with Crippen molar-refractivity contribution in [2.24, 2.45) is 11.7 Å². The molecule has 2 N–H and O–H groups in total. The molecule has 86 valence electrons. The highest BCUT2D eigenvalue weighted by molar-refractivity contribution is 7.80. The Hall–Kier alpha value is -0.960. The van der Waals surface area contributed by atoms with Crippen LogP contribution in [0.1, 0.15) is 43.4 Å². The van der Waals surface area contributed by atoms with Crippen LogP contribution in [0.25, 0.3) is 0 Å². The van der Waals surface area contributed by atoms with Gasteiger partial charge >= 0.3 is 0 Å². The van der Waals surface area contributed by atoms with Crippen LogP contribution < -0.4 is 5.73 Å². The zero-order chi connectivity index (χ0) is 11.4. The minimum atomic E-state index is 0.465. The third-order valence-corrected chi connectivity index (χ3v) is 3.56. The van der Waals surface area contributed by atoms with Crippen LogP contribution >= 0.6 is 12.2 Å². The van der Waals surface area contributed by atoms with E-state index in [0.717, 1.165) is 23.6 Å². The molecule has 0 radical (unpaired) electrons. The molecule has 1 saturated carbocycles. The maximum Gasteiger partial charge on any atom is 0.104 e. The number of hydrogen-bond donors (Lipinski definition) is 1. The minimum absolute atomic E-state index is 0.465. The second kappa shape index (κ2) is 5.39. The molecule has 0 saturated heterocycles. The highest BCUT2D eigenvalue weighted by Crippen LogP contribution is 2.26. The Kier molecular flexibility index (Phi) is 3.88. The van der Waals surface area contributed by atoms with E-state index < -0.39 is 0 Å². The van der Waals surface area contributed by atoms with Crippen molar-refractivity contribution >= 4 is 17.2 Å². The lowest BCUT2D eigenvalue weighted by Crippen LogP contribution is -2.13. The first-order valence-corrected chi connectivity index (χ1v) is 6.41. The molecule has 1 aliphatic carbocycles. The second-order valence-corrected chi connectivity index (χ2v) is 5.05. The van der Waals surface area contributed by atoms with Crippen LogP contribution in [0.3, 0.4) is 0 Å². The van der Waals surface area contributed by atoms with Crippen LogP contribution in [0, 0.1) is 5.92 Å². The first-order valence-electron chi connectivity index (χ1n) is 6.00. The van der Waals surface area contributed by atoms with E-state index in [4.69, 9.17) is 18.0 Å². The summed E-state index contributed by atoms with van der Waals surface area (Å²) in [7, 11) is 0. The first-order chi connectivity index (χ1) is 7.75. The summed E-state index contributed by atoms with van der Waals surface area (Å²) in [6.07, 6.45) is 9.73. The van der Waals surface area contributed by atoms with Crippen molar-refractivity contribution in [3.8, 4) is 0 Å². The molecule has 1 aromatic heterocycles. The molecule has 1 aliphatic rings. The maximum absolute atomic E-state index is 5.62. The van der Waals surface area contributed by atoms with E-state index in [1.54, 1.807) is 0 Å². The fraction of sp³-hybridized carbons (Fsp3) is 0.538. The van der Waals surface area contributed by atoms with Gasteiger partial charge < -0.3 is 5.73 Å². The van der Waals surface area contributed by atoms with Crippen LogP contribution in [-0.4, -0.2) is 9.97 Å². The van der Waals surface area contributed by atoms with E-state index in [9.17, 15) is 0 Å². The number of nitrogens with two attached hydrogens (primary N) is 1. The van der Waals surface area contributed by atoms with Crippen molar-refractivity contribution in [1.82, 2.24) is 4.98 Å². The quantitative estimate of drug-likeness (QED) is 0.817. The number of nitrogens with zero attached hydrogens (tertiary/aromatic N) is 1. The van der Waals surface area contributed by atoms with Gasteiger partial charge in [-0.05, 0) is 24.5 Å². The molecule has 0 amide bonds. The average Bonchev–Trinajstić information content (AvgIpc) is 2.30. The molecule has 0 aromatic carbocycles. The molecule has 1 aromatic rings. The monoisotopic (exact) mass is 234 g/mol. The Balaban J connectivity index is 2.02. The van der Waals surface area contributed by atoms with Crippen LogP contribution in [0.2, 0.25) is 0 Å². The molecule has 0 spiro atoms. The Bertz CT molecular complexity index is 370. The molecule has 2 nitrogen and oxygen atoms in total. The van der Waals surface area contributed by atoms with Crippen molar-refractivity contribution in [2.45, 2.75) is 38.5 Å². The molecule has 0 unspecified atom stereocenters. The summed E-state index contributed by atoms with van der Waals surface area (Å²) in [6.45, 7) is 0. The maximum atomic E-state index is 5.62. The van der Waals surface area contributed by atoms with Gasteiger partial charge in [-0.15, -0.1) is 0 Å². The third-order valence-electron chi connectivity index (χ3n) is 3.32. The molecule has 0 aliphatic heterocycles. The zero-order valence-corrected chi connectivity index (χ0v) is 10.3. The van der Waals surface area contributed by atoms with Gasteiger partial charge in [-0.1, -0.05) is 44.3 Å². The minimum Gasteiger partial charge on any atom is -0.389 e. The van der Waals surface area contributed by atoms with E-state index in [1.807, 2.05) is 18.3 Å². The number of hydrogen-bond acceptors (Lipinski definition) is 2. The van der Waals surface area contributed by atoms with Crippen molar-refractivity contribution in [3.63, 3.8) is 0 Å². The molecule has 0 atom stereocenters. The predicted octanol–water partition coefficient (Wildman–Crippen LogP) is 2.84. The number of pyridine rings is 1. The van der Waals surface area contributed by atoms with Crippen molar-refractivity contribution in [2.75, 3.05) is 0 Å². The van der Waals surface area contributed by atoms with Gasteiger partial charge in [-0.2, -0.15) is 0 Å². The first kappa shape index (κ1) is 11.5. The smallest absolute Gasteiger partial charge is 0.104 e. The van der Waals surface area contributed by atoms with Gasteiger partial charge in [0.1, 0.15) is 4.99 Å². The molecule has 1 fully saturated rings. The van der Waals surface area contributed by atoms with Gasteiger partial charge in [0.05, 0.1) is 0 Å². The molecular formula is C13H18N2S. The Morgan fingerprint density at radius 2 is 2.12 bits per heavy atom. The van der Waals surface area contributed by atoms with Crippen LogP contribution in [0.15, 0.2) is 18.3 Å². The van der Waals surface area contributed by atoms with E-state index in [1.165, 1.54) is 32.1 Å². The van der Waals surface area contributed by atoms with Gasteiger partial charge in [0, 0.05) is 17.5 Å². The molecule has 16 heavy (non-hydrogen) atoms. The summed E-state index contributed by atoms with van der Waals surface area (Å²) >= 11 is 4.98. The molecule has 2 rings (SSSR count). The van der Waals surface area contributed by atoms with Crippen LogP contribution in [0.4, 0.5) is 0 Å². The van der Waals surface area contributed by atoms with Gasteiger partial charge in [0.25, 0.3) is 0 Å². The van der Waals surface area contributed by atoms with Gasteiger partial charge in [0.2, 0.25) is 0 Å². The lowest BCUT2D eigenvalue weighted by molar-refractivity contribution is 0.354. The highest BCUT2D eigenvalue weighted by atomic mass is 32.1. The Morgan fingerprint density at radius 1 is 1.38 bits per heavy atom. The van der Waals surface area contributed by atoms with Gasteiger partial charge in [0.15, 0.2) is 0 Å². The SMILES string of the molecule is NC(=S)c1ccnc(CC2CCCCC2)c1. The van der Waals surface area contributed by atoms with E-state index in [2.05, 4.69) is 4.98 Å². The standard InChI is InChI=1S/C13H18N2S/c14-13(16)11-6-7-15-12(9-11)8-10-4-2-1-3-5-10/h6-7,9-10H,1-5,8H2,(H2,14,16). The van der Waals surface area contributed by atoms with Gasteiger partial charge in [-0.25, -0.2) is 0 Å². The van der Waals surface area contributed by atoms with E-state index in [-0.39, 0.29) is 0 Å². The van der Waals surface area contributed by atoms with Crippen molar-refractivity contribution < 1.29 is 0 Å². The normalized spacial score (nSPS) is 17.2. The number of rotatable bonds is 3. The highest BCUT2D eigenvalue weighted by Gasteiger charge is 2.14. The van der Waals surface area contributed by atoms with E-state index >= 15 is 0 Å². The summed E-state index contributed by atoms with van der Waals surface area (Å²) < 4.78 is 0.